The maximum atomic E-state index is 14.3. The molecule has 3 N–H and O–H groups in total. The molecule has 5 aromatic heterocycles. The van der Waals surface area contributed by atoms with Crippen molar-refractivity contribution in [1.29, 1.82) is 0 Å². The van der Waals surface area contributed by atoms with Gasteiger partial charge in [0.05, 0.1) is 150 Å². The summed E-state index contributed by atoms with van der Waals surface area (Å²) >= 11 is 0. The summed E-state index contributed by atoms with van der Waals surface area (Å²) in [5, 5.41) is 21.4. The molecule has 0 bridgehead atoms. The average molecular weight is 1630 g/mol. The van der Waals surface area contributed by atoms with Crippen LogP contribution < -0.4 is 64.1 Å². The lowest BCUT2D eigenvalue weighted by Gasteiger charge is -2.16. The summed E-state index contributed by atoms with van der Waals surface area (Å²) in [5.74, 6) is -5.35. The van der Waals surface area contributed by atoms with Crippen molar-refractivity contribution in [3.63, 3.8) is 0 Å². The van der Waals surface area contributed by atoms with E-state index < -0.39 is 91.7 Å². The number of hydrogen-bond acceptors (Lipinski definition) is 20. The van der Waals surface area contributed by atoms with Gasteiger partial charge in [-0.25, -0.2) is 33.7 Å². The Morgan fingerprint density at radius 1 is 0.331 bits per heavy atom. The van der Waals surface area contributed by atoms with E-state index in [1.54, 1.807) is 66.7 Å². The number of phenolic OH excluding ortho intramolecular Hbond substituents is 2. The number of H-pyrrole nitrogens is 1. The number of imidazole rings is 1. The number of aromatic nitrogens is 6. The van der Waals surface area contributed by atoms with E-state index in [-0.39, 0.29) is 163 Å². The quantitative estimate of drug-likeness (QED) is 0.0903. The molecule has 594 valence electrons. The second-order valence-corrected chi connectivity index (χ2v) is 31.0. The van der Waals surface area contributed by atoms with Gasteiger partial charge in [-0.1, -0.05) is 48.5 Å². The van der Waals surface area contributed by atoms with Crippen LogP contribution >= 0.6 is 0 Å². The molecule has 124 heavy (non-hydrogen) atoms. The summed E-state index contributed by atoms with van der Waals surface area (Å²) in [6.07, 6.45) is 0.560. The Morgan fingerprint density at radius 3 is 1.18 bits per heavy atom. The first-order chi connectivity index (χ1) is 59.7. The van der Waals surface area contributed by atoms with Gasteiger partial charge in [0.2, 0.25) is 0 Å². The van der Waals surface area contributed by atoms with Gasteiger partial charge in [0.15, 0.2) is 0 Å². The monoisotopic (exact) mass is 1630 g/mol. The molecule has 0 aliphatic carbocycles. The van der Waals surface area contributed by atoms with Crippen LogP contribution in [0.5, 0.6) is 11.5 Å². The van der Waals surface area contributed by atoms with Crippen molar-refractivity contribution < 1.29 is 48.6 Å². The summed E-state index contributed by atoms with van der Waals surface area (Å²) in [6.45, 7) is 1.82. The van der Waals surface area contributed by atoms with Crippen molar-refractivity contribution in [2.45, 2.75) is 26.3 Å². The number of nitrogens with zero attached hydrogens (tertiary/aromatic N) is 10. The van der Waals surface area contributed by atoms with Crippen molar-refractivity contribution in [1.82, 2.24) is 28.2 Å². The summed E-state index contributed by atoms with van der Waals surface area (Å²) in [7, 11) is 1.30. The van der Waals surface area contributed by atoms with Crippen LogP contribution in [0.3, 0.4) is 0 Å². The molecular formula is C95H51N11O18. The first-order valence-corrected chi connectivity index (χ1v) is 38.7. The average Bonchev–Trinajstić information content (AvgIpc) is 1.57. The predicted molar refractivity (Wildman–Crippen MR) is 458 cm³/mol. The SMILES string of the molecule is Cc1ccc2c(c1)N=C(c1cc(N3C(=O)c4ccc(-c5ccc6c(c5)C(=O)N(c5ccc(-n7c(=O)c8cc9c(=O)n(CCc%10ccc(N%11C(=O)c%12ccc(-c%13ccc%14c(c%13)C(=O)N(c%13ccc%15[nH]c(-c%16cc(-n%17c(=O)c%18cc%19c(=O)n(C)c(=O)c%19cc%18c%17=O)ccc%16O)nc%15c%13)C%14=O)cc%12C%11=O)cc%10)c(=O)c9cc8c7=O)cc5)C6=O)cc4C3=O)ccc1O)C2. The van der Waals surface area contributed by atoms with E-state index in [1.165, 1.54) is 141 Å². The molecule has 12 aromatic carbocycles. The van der Waals surface area contributed by atoms with Crippen LogP contribution in [0, 0.1) is 6.92 Å². The molecule has 0 saturated carbocycles. The highest BCUT2D eigenvalue weighted by Crippen LogP contribution is 2.42. The number of anilines is 4. The van der Waals surface area contributed by atoms with Gasteiger partial charge in [-0.2, -0.15) is 0 Å². The molecule has 17 aromatic rings. The van der Waals surface area contributed by atoms with Crippen LogP contribution in [0.25, 0.3) is 99.1 Å². The fourth-order valence-electron chi connectivity index (χ4n) is 17.7. The summed E-state index contributed by atoms with van der Waals surface area (Å²) in [4.78, 5) is 239. The lowest BCUT2D eigenvalue weighted by Crippen LogP contribution is -2.29. The summed E-state index contributed by atoms with van der Waals surface area (Å²) in [6, 6.07) is 54.2. The molecule has 0 saturated heterocycles. The molecule has 0 unspecified atom stereocenters. The first kappa shape index (κ1) is 72.9. The van der Waals surface area contributed by atoms with E-state index >= 15 is 0 Å². The van der Waals surface area contributed by atoms with Crippen LogP contribution in [-0.4, -0.2) is 91.4 Å². The number of aliphatic imine (C=N–C) groups is 1. The fraction of sp³-hybridized carbons (Fsp3) is 0.0526. The van der Waals surface area contributed by atoms with Gasteiger partial charge in [0.25, 0.3) is 91.7 Å². The number of amides is 8. The second kappa shape index (κ2) is 26.0. The maximum Gasteiger partial charge on any atom is 0.266 e. The largest absolute Gasteiger partial charge is 0.507 e. The minimum atomic E-state index is -0.801. The van der Waals surface area contributed by atoms with Crippen molar-refractivity contribution in [2.24, 2.45) is 12.0 Å². The van der Waals surface area contributed by atoms with E-state index in [0.29, 0.717) is 51.0 Å². The number of fused-ring (bicyclic) bond motifs is 10. The third-order valence-electron chi connectivity index (χ3n) is 24.1. The molecule has 22 rings (SSSR count). The molecule has 29 nitrogen and oxygen atoms in total. The smallest absolute Gasteiger partial charge is 0.266 e. The van der Waals surface area contributed by atoms with Gasteiger partial charge in [-0.15, -0.1) is 0 Å². The van der Waals surface area contributed by atoms with Crippen molar-refractivity contribution in [2.75, 3.05) is 19.6 Å². The third-order valence-corrected chi connectivity index (χ3v) is 24.1. The Kier molecular flexibility index (Phi) is 15.3. The highest BCUT2D eigenvalue weighted by molar-refractivity contribution is 6.38. The predicted octanol–water partition coefficient (Wildman–Crippen LogP) is 10.4. The number of carbonyl (C=O) groups excluding carboxylic acids is 8. The zero-order valence-electron chi connectivity index (χ0n) is 64.3. The van der Waals surface area contributed by atoms with E-state index in [0.717, 1.165) is 54.7 Å². The van der Waals surface area contributed by atoms with Crippen molar-refractivity contribution in [3.8, 4) is 56.5 Å². The zero-order valence-corrected chi connectivity index (χ0v) is 64.3. The Morgan fingerprint density at radius 2 is 0.702 bits per heavy atom. The number of carbonyl (C=O) groups is 8. The van der Waals surface area contributed by atoms with Crippen LogP contribution in [0.15, 0.2) is 262 Å². The number of rotatable bonds is 13. The van der Waals surface area contributed by atoms with Gasteiger partial charge in [0, 0.05) is 25.6 Å². The number of imide groups is 4. The van der Waals surface area contributed by atoms with Crippen LogP contribution in [-0.2, 0) is 26.4 Å². The minimum Gasteiger partial charge on any atom is -0.507 e. The van der Waals surface area contributed by atoms with Crippen molar-refractivity contribution in [3.05, 3.63) is 368 Å². The second-order valence-electron chi connectivity index (χ2n) is 31.0. The van der Waals surface area contributed by atoms with Gasteiger partial charge >= 0.3 is 0 Å². The number of aryl methyl sites for hydroxylation is 2. The molecule has 0 spiro atoms. The highest BCUT2D eigenvalue weighted by atomic mass is 16.3. The third kappa shape index (κ3) is 10.4. The topological polar surface area (TPSA) is 387 Å². The van der Waals surface area contributed by atoms with Gasteiger partial charge in [-0.3, -0.25) is 90.8 Å². The van der Waals surface area contributed by atoms with E-state index in [2.05, 4.69) is 9.97 Å². The van der Waals surface area contributed by atoms with Gasteiger partial charge in [-0.05, 0) is 222 Å². The van der Waals surface area contributed by atoms with E-state index in [4.69, 9.17) is 4.99 Å². The maximum absolute atomic E-state index is 14.3. The summed E-state index contributed by atoms with van der Waals surface area (Å²) < 4.78 is 3.61. The van der Waals surface area contributed by atoms with Gasteiger partial charge in [0.1, 0.15) is 17.3 Å². The van der Waals surface area contributed by atoms with Crippen molar-refractivity contribution >= 4 is 136 Å². The molecule has 0 fully saturated rings. The number of hydrogen-bond donors (Lipinski definition) is 3. The molecule has 0 atom stereocenters. The molecule has 5 aliphatic rings. The zero-order chi connectivity index (χ0) is 85.5. The Bertz CT molecular complexity index is 8400. The number of aromatic hydroxyl groups is 2. The first-order valence-electron chi connectivity index (χ1n) is 38.7. The molecule has 0 radical (unpaired) electrons. The Balaban J connectivity index is 0.455. The minimum absolute atomic E-state index is 0.00808. The van der Waals surface area contributed by atoms with Crippen LogP contribution in [0.2, 0.25) is 0 Å². The van der Waals surface area contributed by atoms with E-state index in [9.17, 15) is 86.9 Å². The molecule has 5 aliphatic heterocycles. The Hall–Kier alpha value is -17.5. The van der Waals surface area contributed by atoms with Gasteiger partial charge < -0.3 is 15.2 Å². The standard InChI is InChI=1S/C95H51N11O18/c1-42-3-6-48-34-75(96-74(48)29-42)71-35-52(18-25-77(71)107)104-86(115)57-22-9-46(32-61(57)90(104)119)45-8-21-56-60(31-45)89(118)102(85(56)114)50-13-15-51(16-14-50)103-92(121)69-40-65-66(41-70(69)93(103)122)83(112)100(82(65)111)28-27-43-4-11-49(12-5-43)101-84(113)55-20-7-44(30-59(55)88(101)117)47-10-23-58-62(33-47)91(120)106(87(58)116)54-17-24-73-76(37-54)98-79(97-73)72-36-53(19-26-78(72)108)105-94(123)67-38-63-64(39-68(67)95(105)124)81(110)99(2)80(63)109/h3-26,29-33,35-41,107-108H,27-28,34H2,1-2H3,(H,97,98). The lowest BCUT2D eigenvalue weighted by molar-refractivity contribution is 0.0910. The van der Waals surface area contributed by atoms with E-state index in [1.807, 2.05) is 25.1 Å². The number of aromatic amines is 1. The Labute approximate surface area is 691 Å². The molecule has 10 heterocycles. The normalized spacial score (nSPS) is 14.2. The highest BCUT2D eigenvalue weighted by Gasteiger charge is 2.43. The number of nitrogens with one attached hydrogen (secondary N) is 1. The summed E-state index contributed by atoms with van der Waals surface area (Å²) in [5.41, 5.74) is 2.63. The number of benzene rings is 12. The van der Waals surface area contributed by atoms with Crippen LogP contribution in [0.1, 0.15) is 105 Å². The van der Waals surface area contributed by atoms with Crippen LogP contribution in [0.4, 0.5) is 28.4 Å². The molecule has 8 amide bonds. The lowest BCUT2D eigenvalue weighted by atomic mass is 9.97. The molecule has 29 heteroatoms. The fourth-order valence-corrected chi connectivity index (χ4v) is 17.7. The molecular weight excluding hydrogens is 1580 g/mol. The number of phenols is 2.